The maximum absolute atomic E-state index is 11.6. The quantitative estimate of drug-likeness (QED) is 0.763. The van der Waals surface area contributed by atoms with Crippen LogP contribution in [0.2, 0.25) is 0 Å². The second-order valence-electron chi connectivity index (χ2n) is 3.67. The summed E-state index contributed by atoms with van der Waals surface area (Å²) in [5, 5.41) is 0. The number of methoxy groups -OCH3 is 1. The fourth-order valence-electron chi connectivity index (χ4n) is 1.63. The molecule has 2 rings (SSSR count). The molecule has 5 nitrogen and oxygen atoms in total. The summed E-state index contributed by atoms with van der Waals surface area (Å²) in [6.07, 6.45) is 1.55. The van der Waals surface area contributed by atoms with Crippen molar-refractivity contribution in [2.45, 2.75) is 6.92 Å². The normalized spacial score (nSPS) is 15.2. The number of rotatable bonds is 3. The van der Waals surface area contributed by atoms with Crippen LogP contribution in [-0.2, 0) is 14.3 Å². The van der Waals surface area contributed by atoms with Gasteiger partial charge in [0.1, 0.15) is 18.1 Å². The number of cyclic esters (lactones) is 1. The number of benzene rings is 1. The van der Waals surface area contributed by atoms with Crippen LogP contribution in [0.25, 0.3) is 5.76 Å². The van der Waals surface area contributed by atoms with Gasteiger partial charge in [0, 0.05) is 12.5 Å². The number of ether oxygens (including phenoxy) is 3. The molecule has 1 heterocycles. The van der Waals surface area contributed by atoms with Gasteiger partial charge in [0.15, 0.2) is 0 Å². The Labute approximate surface area is 104 Å². The Balaban J connectivity index is 2.25. The summed E-state index contributed by atoms with van der Waals surface area (Å²) < 4.78 is 14.9. The van der Waals surface area contributed by atoms with Gasteiger partial charge < -0.3 is 14.2 Å². The summed E-state index contributed by atoms with van der Waals surface area (Å²) in [5.74, 6) is 0.176. The van der Waals surface area contributed by atoms with E-state index in [4.69, 9.17) is 14.2 Å². The van der Waals surface area contributed by atoms with E-state index in [0.29, 0.717) is 22.6 Å². The van der Waals surface area contributed by atoms with E-state index in [1.165, 1.54) is 14.0 Å². The molecule has 0 aromatic heterocycles. The molecule has 0 saturated carbocycles. The number of fused-ring (bicyclic) bond motifs is 1. The van der Waals surface area contributed by atoms with Gasteiger partial charge in [0.05, 0.1) is 12.7 Å². The largest absolute Gasteiger partial charge is 0.497 e. The summed E-state index contributed by atoms with van der Waals surface area (Å²) in [7, 11) is 1.53. The van der Waals surface area contributed by atoms with Gasteiger partial charge in [-0.25, -0.2) is 4.79 Å². The molecular weight excluding hydrogens is 236 g/mol. The van der Waals surface area contributed by atoms with Gasteiger partial charge in [-0.15, -0.1) is 0 Å². The van der Waals surface area contributed by atoms with Gasteiger partial charge in [-0.2, -0.15) is 0 Å². The highest BCUT2D eigenvalue weighted by Crippen LogP contribution is 2.32. The average Bonchev–Trinajstić information content (AvgIpc) is 2.65. The molecule has 1 aromatic rings. The number of carbonyl (C=O) groups excluding carboxylic acids is 2. The molecule has 0 bridgehead atoms. The molecule has 0 N–H and O–H groups in total. The minimum Gasteiger partial charge on any atom is -0.497 e. The first kappa shape index (κ1) is 12.2. The first-order valence-electron chi connectivity index (χ1n) is 5.36. The first-order chi connectivity index (χ1) is 8.61. The van der Waals surface area contributed by atoms with Gasteiger partial charge in [0.25, 0.3) is 0 Å². The van der Waals surface area contributed by atoms with Crippen molar-refractivity contribution in [2.24, 2.45) is 0 Å². The zero-order valence-electron chi connectivity index (χ0n) is 10.1. The van der Waals surface area contributed by atoms with Crippen molar-refractivity contribution in [3.05, 3.63) is 35.4 Å². The van der Waals surface area contributed by atoms with E-state index in [1.54, 1.807) is 24.3 Å². The molecule has 0 fully saturated rings. The van der Waals surface area contributed by atoms with E-state index in [1.807, 2.05) is 0 Å². The van der Waals surface area contributed by atoms with Crippen LogP contribution in [0.1, 0.15) is 22.8 Å². The van der Waals surface area contributed by atoms with Crippen LogP contribution >= 0.6 is 0 Å². The molecular formula is C13H12O5. The van der Waals surface area contributed by atoms with Crippen LogP contribution in [-0.4, -0.2) is 25.7 Å². The number of carbonyl (C=O) groups is 2. The molecule has 1 aromatic carbocycles. The van der Waals surface area contributed by atoms with E-state index in [0.717, 1.165) is 0 Å². The summed E-state index contributed by atoms with van der Waals surface area (Å²) in [6.45, 7) is 1.39. The maximum Gasteiger partial charge on any atom is 0.344 e. The molecule has 0 amide bonds. The molecule has 1 aliphatic heterocycles. The second kappa shape index (κ2) is 4.91. The fourth-order valence-corrected chi connectivity index (χ4v) is 1.63. The summed E-state index contributed by atoms with van der Waals surface area (Å²) in [4.78, 5) is 22.2. The van der Waals surface area contributed by atoms with Crippen LogP contribution in [0.4, 0.5) is 0 Å². The average molecular weight is 248 g/mol. The van der Waals surface area contributed by atoms with Gasteiger partial charge >= 0.3 is 11.9 Å². The minimum atomic E-state index is -0.432. The van der Waals surface area contributed by atoms with Crippen LogP contribution < -0.4 is 4.74 Å². The molecule has 0 spiro atoms. The standard InChI is InChI=1S/C13H12O5/c1-8(14)17-6-5-12-10-4-3-9(16-2)7-11(10)13(15)18-12/h3-5,7H,6H2,1-2H3/b12-5-. The van der Waals surface area contributed by atoms with Gasteiger partial charge in [-0.1, -0.05) is 0 Å². The van der Waals surface area contributed by atoms with Crippen molar-refractivity contribution in [3.8, 4) is 5.75 Å². The summed E-state index contributed by atoms with van der Waals surface area (Å²) >= 11 is 0. The maximum atomic E-state index is 11.6. The van der Waals surface area contributed by atoms with E-state index >= 15 is 0 Å². The molecule has 0 unspecified atom stereocenters. The van der Waals surface area contributed by atoms with Gasteiger partial charge in [0.2, 0.25) is 0 Å². The lowest BCUT2D eigenvalue weighted by Gasteiger charge is -2.01. The number of hydrogen-bond donors (Lipinski definition) is 0. The zero-order chi connectivity index (χ0) is 13.1. The monoisotopic (exact) mass is 248 g/mol. The van der Waals surface area contributed by atoms with Crippen LogP contribution in [0.3, 0.4) is 0 Å². The molecule has 18 heavy (non-hydrogen) atoms. The highest BCUT2D eigenvalue weighted by Gasteiger charge is 2.26. The zero-order valence-corrected chi connectivity index (χ0v) is 10.1. The Kier molecular flexibility index (Phi) is 3.32. The predicted octanol–water partition coefficient (Wildman–Crippen LogP) is 1.77. The Bertz CT molecular complexity index is 530. The van der Waals surface area contributed by atoms with Crippen LogP contribution in [0, 0.1) is 0 Å². The first-order valence-corrected chi connectivity index (χ1v) is 5.36. The van der Waals surface area contributed by atoms with Crippen molar-refractivity contribution in [1.82, 2.24) is 0 Å². The smallest absolute Gasteiger partial charge is 0.344 e. The van der Waals surface area contributed by atoms with E-state index in [2.05, 4.69) is 0 Å². The van der Waals surface area contributed by atoms with Gasteiger partial charge in [-0.05, 0) is 24.3 Å². The Morgan fingerprint density at radius 2 is 2.17 bits per heavy atom. The third kappa shape index (κ3) is 2.34. The van der Waals surface area contributed by atoms with Crippen molar-refractivity contribution in [1.29, 1.82) is 0 Å². The summed E-state index contributed by atoms with van der Waals surface area (Å²) in [6, 6.07) is 5.09. The van der Waals surface area contributed by atoms with E-state index in [9.17, 15) is 9.59 Å². The molecule has 0 saturated heterocycles. The fraction of sp³-hybridized carbons (Fsp3) is 0.231. The SMILES string of the molecule is COc1ccc2c(c1)C(=O)O/C2=C\COC(C)=O. The topological polar surface area (TPSA) is 61.8 Å². The molecule has 1 aliphatic rings. The van der Waals surface area contributed by atoms with Crippen molar-refractivity contribution in [2.75, 3.05) is 13.7 Å². The van der Waals surface area contributed by atoms with Crippen LogP contribution in [0.15, 0.2) is 24.3 Å². The second-order valence-corrected chi connectivity index (χ2v) is 3.67. The Morgan fingerprint density at radius 3 is 2.83 bits per heavy atom. The molecule has 0 atom stereocenters. The molecule has 0 radical (unpaired) electrons. The van der Waals surface area contributed by atoms with Crippen molar-refractivity contribution < 1.29 is 23.8 Å². The third-order valence-electron chi connectivity index (χ3n) is 2.47. The number of hydrogen-bond acceptors (Lipinski definition) is 5. The van der Waals surface area contributed by atoms with E-state index < -0.39 is 5.97 Å². The molecule has 0 aliphatic carbocycles. The molecule has 94 valence electrons. The Hall–Kier alpha value is -2.30. The van der Waals surface area contributed by atoms with Crippen molar-refractivity contribution in [3.63, 3.8) is 0 Å². The lowest BCUT2D eigenvalue weighted by Crippen LogP contribution is -1.98. The highest BCUT2D eigenvalue weighted by atomic mass is 16.5. The molecule has 5 heteroatoms. The van der Waals surface area contributed by atoms with Crippen LogP contribution in [0.5, 0.6) is 5.75 Å². The summed E-state index contributed by atoms with van der Waals surface area (Å²) in [5.41, 5.74) is 1.12. The lowest BCUT2D eigenvalue weighted by atomic mass is 10.1. The van der Waals surface area contributed by atoms with Gasteiger partial charge in [-0.3, -0.25) is 4.79 Å². The van der Waals surface area contributed by atoms with Crippen molar-refractivity contribution >= 4 is 17.7 Å². The van der Waals surface area contributed by atoms with E-state index in [-0.39, 0.29) is 12.6 Å². The minimum absolute atomic E-state index is 0.0728. The lowest BCUT2D eigenvalue weighted by molar-refractivity contribution is -0.139. The predicted molar refractivity (Wildman–Crippen MR) is 63.0 cm³/mol. The Morgan fingerprint density at radius 1 is 1.39 bits per heavy atom. The highest BCUT2D eigenvalue weighted by molar-refractivity contribution is 6.03. The third-order valence-corrected chi connectivity index (χ3v) is 2.47. The number of esters is 2.